The molecule has 0 aliphatic carbocycles. The van der Waals surface area contributed by atoms with Crippen molar-refractivity contribution >= 4 is 38.9 Å². The topological polar surface area (TPSA) is 22.1 Å². The fourth-order valence-electron chi connectivity index (χ4n) is 1.32. The molecule has 17 heavy (non-hydrogen) atoms. The Kier molecular flexibility index (Phi) is 4.42. The quantitative estimate of drug-likeness (QED) is 0.809. The Labute approximate surface area is 118 Å². The van der Waals surface area contributed by atoms with Crippen LogP contribution < -0.4 is 4.74 Å². The lowest BCUT2D eigenvalue weighted by Gasteiger charge is -2.06. The fraction of sp³-hybridized carbons (Fsp3) is 0.250. The highest BCUT2D eigenvalue weighted by molar-refractivity contribution is 9.10. The molecule has 2 nitrogen and oxygen atoms in total. The first-order valence-corrected chi connectivity index (χ1v) is 7.25. The summed E-state index contributed by atoms with van der Waals surface area (Å²) in [7, 11) is 0. The van der Waals surface area contributed by atoms with Gasteiger partial charge in [0.1, 0.15) is 12.4 Å². The average Bonchev–Trinajstić information content (AvgIpc) is 2.76. The van der Waals surface area contributed by atoms with E-state index < -0.39 is 0 Å². The lowest BCUT2D eigenvalue weighted by atomic mass is 10.3. The summed E-state index contributed by atoms with van der Waals surface area (Å²) in [5.74, 6) is 0.778. The van der Waals surface area contributed by atoms with Crippen molar-refractivity contribution in [2.45, 2.75) is 20.0 Å². The van der Waals surface area contributed by atoms with Crippen molar-refractivity contribution in [3.8, 4) is 5.75 Å². The van der Waals surface area contributed by atoms with Crippen LogP contribution in [0.15, 0.2) is 28.1 Å². The third kappa shape index (κ3) is 3.44. The Morgan fingerprint density at radius 3 is 2.94 bits per heavy atom. The lowest BCUT2D eigenvalue weighted by molar-refractivity contribution is 0.300. The van der Waals surface area contributed by atoms with Crippen LogP contribution in [-0.2, 0) is 13.0 Å². The number of nitrogens with zero attached hydrogens (tertiary/aromatic N) is 1. The van der Waals surface area contributed by atoms with Crippen LogP contribution in [0.25, 0.3) is 0 Å². The molecule has 0 N–H and O–H groups in total. The van der Waals surface area contributed by atoms with E-state index in [1.54, 1.807) is 17.4 Å². The molecule has 0 aliphatic heterocycles. The zero-order valence-corrected chi connectivity index (χ0v) is 12.4. The summed E-state index contributed by atoms with van der Waals surface area (Å²) in [5, 5.41) is 3.85. The van der Waals surface area contributed by atoms with Crippen molar-refractivity contribution in [3.63, 3.8) is 0 Å². The number of aryl methyl sites for hydroxylation is 1. The molecule has 0 aliphatic rings. The first kappa shape index (κ1) is 12.9. The maximum absolute atomic E-state index is 5.86. The molecule has 2 aromatic rings. The van der Waals surface area contributed by atoms with Gasteiger partial charge in [-0.25, -0.2) is 4.98 Å². The third-order valence-corrected chi connectivity index (χ3v) is 4.07. The summed E-state index contributed by atoms with van der Waals surface area (Å²) >= 11 is 10.9. The van der Waals surface area contributed by atoms with E-state index in [-0.39, 0.29) is 0 Å². The molecule has 1 aromatic heterocycles. The van der Waals surface area contributed by atoms with Crippen LogP contribution in [0.4, 0.5) is 0 Å². The normalized spacial score (nSPS) is 10.5. The van der Waals surface area contributed by atoms with Crippen molar-refractivity contribution < 1.29 is 4.74 Å². The summed E-state index contributed by atoms with van der Waals surface area (Å²) in [6.07, 6.45) is 0.968. The second-order valence-electron chi connectivity index (χ2n) is 3.45. The van der Waals surface area contributed by atoms with E-state index >= 15 is 0 Å². The molecule has 0 saturated carbocycles. The number of halogens is 2. The van der Waals surface area contributed by atoms with Crippen molar-refractivity contribution in [2.24, 2.45) is 0 Å². The molecular formula is C12H11BrClNOS. The van der Waals surface area contributed by atoms with Crippen LogP contribution in [0.1, 0.15) is 17.6 Å². The maximum Gasteiger partial charge on any atom is 0.134 e. The molecule has 5 heteroatoms. The highest BCUT2D eigenvalue weighted by Crippen LogP contribution is 2.28. The molecule has 0 saturated heterocycles. The van der Waals surface area contributed by atoms with E-state index in [0.29, 0.717) is 11.6 Å². The molecular weight excluding hydrogens is 322 g/mol. The SMILES string of the molecule is CCc1nc(COc2ccc(Cl)cc2Br)cs1. The Morgan fingerprint density at radius 1 is 1.47 bits per heavy atom. The van der Waals surface area contributed by atoms with Gasteiger partial charge in [0.15, 0.2) is 0 Å². The van der Waals surface area contributed by atoms with Crippen molar-refractivity contribution in [3.05, 3.63) is 43.8 Å². The van der Waals surface area contributed by atoms with E-state index in [2.05, 4.69) is 27.8 Å². The smallest absolute Gasteiger partial charge is 0.134 e. The van der Waals surface area contributed by atoms with E-state index in [9.17, 15) is 0 Å². The number of benzene rings is 1. The standard InChI is InChI=1S/C12H11BrClNOS/c1-2-12-15-9(7-17-12)6-16-11-4-3-8(14)5-10(11)13/h3-5,7H,2,6H2,1H3. The maximum atomic E-state index is 5.86. The van der Waals surface area contributed by atoms with Crippen LogP contribution in [0.2, 0.25) is 5.02 Å². The predicted molar refractivity (Wildman–Crippen MR) is 75.0 cm³/mol. The van der Waals surface area contributed by atoms with E-state index in [4.69, 9.17) is 16.3 Å². The predicted octanol–water partition coefficient (Wildman–Crippen LogP) is 4.70. The van der Waals surface area contributed by atoms with Gasteiger partial charge in [0.05, 0.1) is 15.2 Å². The van der Waals surface area contributed by atoms with Crippen LogP contribution in [0.3, 0.4) is 0 Å². The minimum Gasteiger partial charge on any atom is -0.486 e. The van der Waals surface area contributed by atoms with Gasteiger partial charge in [-0.05, 0) is 40.5 Å². The molecule has 0 bridgehead atoms. The van der Waals surface area contributed by atoms with Crippen LogP contribution in [-0.4, -0.2) is 4.98 Å². The molecule has 1 heterocycles. The molecule has 0 amide bonds. The second kappa shape index (κ2) is 5.85. The zero-order valence-electron chi connectivity index (χ0n) is 9.24. The lowest BCUT2D eigenvalue weighted by Crippen LogP contribution is -1.96. The van der Waals surface area contributed by atoms with Crippen LogP contribution in [0, 0.1) is 0 Å². The molecule has 0 fully saturated rings. The number of hydrogen-bond acceptors (Lipinski definition) is 3. The molecule has 1 aromatic carbocycles. The molecule has 0 radical (unpaired) electrons. The average molecular weight is 333 g/mol. The number of aromatic nitrogens is 1. The van der Waals surface area contributed by atoms with Crippen molar-refractivity contribution in [1.82, 2.24) is 4.98 Å². The molecule has 0 unspecified atom stereocenters. The Morgan fingerprint density at radius 2 is 2.29 bits per heavy atom. The Bertz CT molecular complexity index is 515. The van der Waals surface area contributed by atoms with E-state index in [0.717, 1.165) is 27.3 Å². The van der Waals surface area contributed by atoms with Crippen LogP contribution in [0.5, 0.6) is 5.75 Å². The highest BCUT2D eigenvalue weighted by atomic mass is 79.9. The first-order chi connectivity index (χ1) is 8.19. The number of ether oxygens (including phenoxy) is 1. The van der Waals surface area contributed by atoms with Gasteiger partial charge in [0.2, 0.25) is 0 Å². The largest absolute Gasteiger partial charge is 0.486 e. The van der Waals surface area contributed by atoms with Crippen molar-refractivity contribution in [1.29, 1.82) is 0 Å². The Balaban J connectivity index is 2.02. The van der Waals surface area contributed by atoms with Gasteiger partial charge in [0.25, 0.3) is 0 Å². The van der Waals surface area contributed by atoms with Gasteiger partial charge in [-0.3, -0.25) is 0 Å². The summed E-state index contributed by atoms with van der Waals surface area (Å²) in [4.78, 5) is 4.44. The summed E-state index contributed by atoms with van der Waals surface area (Å²) in [6.45, 7) is 2.58. The first-order valence-electron chi connectivity index (χ1n) is 5.20. The number of rotatable bonds is 4. The van der Waals surface area contributed by atoms with Gasteiger partial charge in [-0.1, -0.05) is 18.5 Å². The molecule has 90 valence electrons. The van der Waals surface area contributed by atoms with Gasteiger partial charge >= 0.3 is 0 Å². The van der Waals surface area contributed by atoms with Crippen LogP contribution >= 0.6 is 38.9 Å². The minimum absolute atomic E-state index is 0.483. The van der Waals surface area contributed by atoms with E-state index in [1.165, 1.54) is 0 Å². The molecule has 2 rings (SSSR count). The summed E-state index contributed by atoms with van der Waals surface area (Å²) < 4.78 is 6.53. The fourth-order valence-corrected chi connectivity index (χ4v) is 2.85. The molecule has 0 atom stereocenters. The van der Waals surface area contributed by atoms with Gasteiger partial charge in [0, 0.05) is 10.4 Å². The van der Waals surface area contributed by atoms with E-state index in [1.807, 2.05) is 17.5 Å². The van der Waals surface area contributed by atoms with Gasteiger partial charge in [-0.2, -0.15) is 0 Å². The zero-order chi connectivity index (χ0) is 12.3. The minimum atomic E-state index is 0.483. The summed E-state index contributed by atoms with van der Waals surface area (Å²) in [6, 6.07) is 5.47. The Hall–Kier alpha value is -0.580. The van der Waals surface area contributed by atoms with Gasteiger partial charge < -0.3 is 4.74 Å². The summed E-state index contributed by atoms with van der Waals surface area (Å²) in [5.41, 5.74) is 0.966. The van der Waals surface area contributed by atoms with Gasteiger partial charge in [-0.15, -0.1) is 11.3 Å². The van der Waals surface area contributed by atoms with Crippen molar-refractivity contribution in [2.75, 3.05) is 0 Å². The third-order valence-electron chi connectivity index (χ3n) is 2.17. The highest BCUT2D eigenvalue weighted by Gasteiger charge is 2.04. The monoisotopic (exact) mass is 331 g/mol. The number of thiazole rings is 1. The molecule has 0 spiro atoms. The number of hydrogen-bond donors (Lipinski definition) is 0. The second-order valence-corrected chi connectivity index (χ2v) is 5.68.